The topological polar surface area (TPSA) is 42.7 Å². The van der Waals surface area contributed by atoms with Crippen LogP contribution in [0.15, 0.2) is 18.2 Å². The van der Waals surface area contributed by atoms with Gasteiger partial charge in [0.2, 0.25) is 0 Å². The normalized spacial score (nSPS) is 12.5. The van der Waals surface area contributed by atoms with Crippen molar-refractivity contribution >= 4 is 5.82 Å². The fraction of sp³-hybridized carbons (Fsp3) is 0.467. The van der Waals surface area contributed by atoms with Gasteiger partial charge in [-0.15, -0.1) is 0 Å². The summed E-state index contributed by atoms with van der Waals surface area (Å²) in [7, 11) is 1.99. The Balaban J connectivity index is 2.07. The fourth-order valence-corrected chi connectivity index (χ4v) is 2.35. The smallest absolute Gasteiger partial charge is 0.126 e. The van der Waals surface area contributed by atoms with Crippen LogP contribution < -0.4 is 5.32 Å². The van der Waals surface area contributed by atoms with Crippen molar-refractivity contribution in [3.63, 3.8) is 0 Å². The number of hydrogen-bond acceptors (Lipinski definition) is 3. The molecule has 2 aromatic heterocycles. The minimum Gasteiger partial charge on any atom is -0.367 e. The lowest BCUT2D eigenvalue weighted by molar-refractivity contribution is 0.726. The molecule has 1 unspecified atom stereocenters. The van der Waals surface area contributed by atoms with E-state index in [9.17, 15) is 0 Å². The second-order valence-corrected chi connectivity index (χ2v) is 5.19. The minimum absolute atomic E-state index is 0.330. The molecule has 102 valence electrons. The predicted octanol–water partition coefficient (Wildman–Crippen LogP) is 2.78. The summed E-state index contributed by atoms with van der Waals surface area (Å²) in [4.78, 5) is 4.47. The second-order valence-electron chi connectivity index (χ2n) is 5.19. The third-order valence-electron chi connectivity index (χ3n) is 3.45. The van der Waals surface area contributed by atoms with E-state index in [4.69, 9.17) is 0 Å². The molecular weight excluding hydrogens is 236 g/mol. The van der Waals surface area contributed by atoms with Crippen molar-refractivity contribution in [3.05, 3.63) is 40.8 Å². The van der Waals surface area contributed by atoms with Gasteiger partial charge >= 0.3 is 0 Å². The molecule has 0 saturated carbocycles. The fourth-order valence-electron chi connectivity index (χ4n) is 2.35. The molecule has 0 aromatic carbocycles. The zero-order valence-electron chi connectivity index (χ0n) is 12.4. The van der Waals surface area contributed by atoms with E-state index in [-0.39, 0.29) is 0 Å². The Bertz CT molecular complexity index is 572. The van der Waals surface area contributed by atoms with E-state index in [0.717, 1.165) is 23.6 Å². The molecule has 0 fully saturated rings. The van der Waals surface area contributed by atoms with Crippen LogP contribution in [0.1, 0.15) is 29.6 Å². The van der Waals surface area contributed by atoms with Crippen LogP contribution in [-0.4, -0.2) is 20.8 Å². The van der Waals surface area contributed by atoms with E-state index in [1.165, 1.54) is 11.3 Å². The van der Waals surface area contributed by atoms with Gasteiger partial charge < -0.3 is 5.32 Å². The zero-order chi connectivity index (χ0) is 14.0. The third kappa shape index (κ3) is 3.13. The molecule has 0 bridgehead atoms. The number of aromatic nitrogens is 3. The Labute approximate surface area is 114 Å². The van der Waals surface area contributed by atoms with Gasteiger partial charge in [-0.3, -0.25) is 4.68 Å². The van der Waals surface area contributed by atoms with Crippen LogP contribution >= 0.6 is 0 Å². The number of rotatable bonds is 4. The molecule has 0 aliphatic carbocycles. The quantitative estimate of drug-likeness (QED) is 0.917. The molecule has 0 aliphatic rings. The van der Waals surface area contributed by atoms with Crippen LogP contribution in [-0.2, 0) is 13.5 Å². The van der Waals surface area contributed by atoms with Gasteiger partial charge in [-0.2, -0.15) is 5.10 Å². The van der Waals surface area contributed by atoms with Crippen LogP contribution in [0.25, 0.3) is 0 Å². The molecule has 0 saturated heterocycles. The number of nitrogens with zero attached hydrogens (tertiary/aromatic N) is 3. The average Bonchev–Trinajstić information content (AvgIpc) is 2.56. The second kappa shape index (κ2) is 5.43. The van der Waals surface area contributed by atoms with Crippen molar-refractivity contribution in [2.75, 3.05) is 5.32 Å². The van der Waals surface area contributed by atoms with Crippen molar-refractivity contribution in [2.24, 2.45) is 7.05 Å². The van der Waals surface area contributed by atoms with Gasteiger partial charge in [-0.05, 0) is 51.8 Å². The SMILES string of the molecule is Cc1cccc(NC(C)Cc2c(C)nn(C)c2C)n1. The highest BCUT2D eigenvalue weighted by molar-refractivity contribution is 5.37. The minimum atomic E-state index is 0.330. The van der Waals surface area contributed by atoms with E-state index < -0.39 is 0 Å². The molecule has 0 amide bonds. The van der Waals surface area contributed by atoms with Crippen molar-refractivity contribution in [1.82, 2.24) is 14.8 Å². The summed E-state index contributed by atoms with van der Waals surface area (Å²) in [6.07, 6.45) is 0.959. The van der Waals surface area contributed by atoms with Crippen molar-refractivity contribution in [2.45, 2.75) is 40.2 Å². The van der Waals surface area contributed by atoms with Gasteiger partial charge in [0.1, 0.15) is 5.82 Å². The molecule has 0 aliphatic heterocycles. The average molecular weight is 258 g/mol. The summed E-state index contributed by atoms with van der Waals surface area (Å²) in [5.41, 5.74) is 4.72. The molecule has 2 aromatic rings. The molecule has 1 atom stereocenters. The zero-order valence-corrected chi connectivity index (χ0v) is 12.4. The Morgan fingerprint density at radius 2 is 2.00 bits per heavy atom. The molecule has 4 nitrogen and oxygen atoms in total. The molecule has 4 heteroatoms. The highest BCUT2D eigenvalue weighted by Crippen LogP contribution is 2.16. The Hall–Kier alpha value is -1.84. The summed E-state index contributed by atoms with van der Waals surface area (Å²) in [5.74, 6) is 0.937. The number of pyridine rings is 1. The Kier molecular flexibility index (Phi) is 3.88. The Morgan fingerprint density at radius 3 is 2.58 bits per heavy atom. The monoisotopic (exact) mass is 258 g/mol. The van der Waals surface area contributed by atoms with Gasteiger partial charge in [0.25, 0.3) is 0 Å². The van der Waals surface area contributed by atoms with Crippen LogP contribution in [0.4, 0.5) is 5.82 Å². The van der Waals surface area contributed by atoms with Gasteiger partial charge in [0.15, 0.2) is 0 Å². The van der Waals surface area contributed by atoms with Crippen molar-refractivity contribution in [3.8, 4) is 0 Å². The molecule has 2 rings (SSSR count). The summed E-state index contributed by atoms with van der Waals surface area (Å²) in [6.45, 7) is 8.37. The van der Waals surface area contributed by atoms with Gasteiger partial charge in [0, 0.05) is 24.5 Å². The lowest BCUT2D eigenvalue weighted by Crippen LogP contribution is -2.19. The van der Waals surface area contributed by atoms with Gasteiger partial charge in [-0.1, -0.05) is 6.07 Å². The van der Waals surface area contributed by atoms with E-state index in [1.807, 2.05) is 36.9 Å². The maximum absolute atomic E-state index is 4.47. The maximum Gasteiger partial charge on any atom is 0.126 e. The van der Waals surface area contributed by atoms with E-state index in [1.54, 1.807) is 0 Å². The largest absolute Gasteiger partial charge is 0.367 e. The van der Waals surface area contributed by atoms with E-state index in [0.29, 0.717) is 6.04 Å². The summed E-state index contributed by atoms with van der Waals surface area (Å²) < 4.78 is 1.95. The summed E-state index contributed by atoms with van der Waals surface area (Å²) in [5, 5.41) is 7.90. The van der Waals surface area contributed by atoms with Crippen LogP contribution in [0, 0.1) is 20.8 Å². The first kappa shape index (κ1) is 13.6. The predicted molar refractivity (Wildman–Crippen MR) is 78.4 cm³/mol. The number of hydrogen-bond donors (Lipinski definition) is 1. The standard InChI is InChI=1S/C15H22N4/c1-10-7-6-8-15(16-10)17-11(2)9-14-12(3)18-19(5)13(14)4/h6-8,11H,9H2,1-5H3,(H,16,17). The lowest BCUT2D eigenvalue weighted by Gasteiger charge is -2.15. The maximum atomic E-state index is 4.47. The molecule has 19 heavy (non-hydrogen) atoms. The number of aryl methyl sites for hydroxylation is 3. The van der Waals surface area contributed by atoms with Crippen LogP contribution in [0.3, 0.4) is 0 Å². The van der Waals surface area contributed by atoms with Crippen LogP contribution in [0.2, 0.25) is 0 Å². The first-order valence-electron chi connectivity index (χ1n) is 6.66. The van der Waals surface area contributed by atoms with Gasteiger partial charge in [-0.25, -0.2) is 4.98 Å². The summed E-state index contributed by atoms with van der Waals surface area (Å²) in [6, 6.07) is 6.37. The van der Waals surface area contributed by atoms with Gasteiger partial charge in [0.05, 0.1) is 5.69 Å². The number of anilines is 1. The highest BCUT2D eigenvalue weighted by Gasteiger charge is 2.13. The molecular formula is C15H22N4. The van der Waals surface area contributed by atoms with Crippen molar-refractivity contribution < 1.29 is 0 Å². The molecule has 0 spiro atoms. The Morgan fingerprint density at radius 1 is 1.26 bits per heavy atom. The third-order valence-corrected chi connectivity index (χ3v) is 3.45. The first-order valence-corrected chi connectivity index (χ1v) is 6.66. The van der Waals surface area contributed by atoms with Crippen molar-refractivity contribution in [1.29, 1.82) is 0 Å². The molecule has 1 N–H and O–H groups in total. The summed E-state index contributed by atoms with van der Waals surface area (Å²) >= 11 is 0. The lowest BCUT2D eigenvalue weighted by atomic mass is 10.1. The highest BCUT2D eigenvalue weighted by atomic mass is 15.3. The molecule has 0 radical (unpaired) electrons. The number of nitrogens with one attached hydrogen (secondary N) is 1. The van der Waals surface area contributed by atoms with Crippen LogP contribution in [0.5, 0.6) is 0 Å². The van der Waals surface area contributed by atoms with E-state index >= 15 is 0 Å². The van der Waals surface area contributed by atoms with E-state index in [2.05, 4.69) is 36.2 Å². The first-order chi connectivity index (χ1) is 8.97. The molecule has 2 heterocycles.